The predicted molar refractivity (Wildman–Crippen MR) is 112 cm³/mol. The smallest absolute Gasteiger partial charge is 0.240 e. The number of amides is 1. The molecule has 0 spiro atoms. The quantitative estimate of drug-likeness (QED) is 0.437. The molecule has 1 saturated carbocycles. The van der Waals surface area contributed by atoms with Crippen LogP contribution in [-0.2, 0) is 21.2 Å². The molecule has 31 heavy (non-hydrogen) atoms. The molecule has 1 aliphatic carbocycles. The summed E-state index contributed by atoms with van der Waals surface area (Å²) in [4.78, 5) is 16.3. The Morgan fingerprint density at radius 1 is 1.13 bits per heavy atom. The minimum Gasteiger partial charge on any atom is -0.441 e. The second kappa shape index (κ2) is 8.86. The topological polar surface area (TPSA) is 113 Å². The third-order valence-corrected chi connectivity index (χ3v) is 6.21. The van der Waals surface area contributed by atoms with Crippen molar-refractivity contribution < 1.29 is 22.0 Å². The van der Waals surface area contributed by atoms with Crippen LogP contribution in [0.25, 0.3) is 11.3 Å². The first-order valence-electron chi connectivity index (χ1n) is 9.77. The molecular formula is C21H21FN4O4S. The number of aromatic nitrogens is 1. The summed E-state index contributed by atoms with van der Waals surface area (Å²) in [5.41, 5.74) is 6.12. The maximum Gasteiger partial charge on any atom is 0.240 e. The number of hydrogen-bond donors (Lipinski definition) is 3. The number of benzene rings is 2. The van der Waals surface area contributed by atoms with Crippen molar-refractivity contribution in [1.82, 2.24) is 15.1 Å². The van der Waals surface area contributed by atoms with Crippen LogP contribution in [0.15, 0.2) is 64.0 Å². The third-order valence-electron chi connectivity index (χ3n) is 4.67. The van der Waals surface area contributed by atoms with Crippen molar-refractivity contribution in [3.63, 3.8) is 0 Å². The van der Waals surface area contributed by atoms with E-state index in [9.17, 15) is 17.6 Å². The summed E-state index contributed by atoms with van der Waals surface area (Å²) in [6.07, 6.45) is 3.50. The highest BCUT2D eigenvalue weighted by Crippen LogP contribution is 2.24. The number of nitrogens with one attached hydrogen (secondary N) is 3. The number of nitrogens with zero attached hydrogens (tertiary/aromatic N) is 1. The highest BCUT2D eigenvalue weighted by molar-refractivity contribution is 7.89. The van der Waals surface area contributed by atoms with Gasteiger partial charge < -0.3 is 4.42 Å². The lowest BCUT2D eigenvalue weighted by Gasteiger charge is -2.09. The monoisotopic (exact) mass is 444 g/mol. The van der Waals surface area contributed by atoms with Crippen LogP contribution in [0, 0.1) is 5.82 Å². The standard InChI is InChI=1S/C21H21FN4O4S/c22-18-4-2-1-3-17(18)19-13-23-21(30-19)12-11-20(27)25-24-14-7-9-16(10-8-14)31(28,29)26-15-5-6-15/h1-4,7-10,13,15,24,26H,5-6,11-12H2,(H,25,27). The molecule has 0 bridgehead atoms. The third kappa shape index (κ3) is 5.47. The van der Waals surface area contributed by atoms with Crippen LogP contribution in [0.2, 0.25) is 0 Å². The molecule has 0 aliphatic heterocycles. The number of anilines is 1. The molecular weight excluding hydrogens is 423 g/mol. The molecule has 8 nitrogen and oxygen atoms in total. The van der Waals surface area contributed by atoms with Gasteiger partial charge in [-0.25, -0.2) is 22.5 Å². The van der Waals surface area contributed by atoms with E-state index >= 15 is 0 Å². The zero-order chi connectivity index (χ0) is 21.8. The highest BCUT2D eigenvalue weighted by Gasteiger charge is 2.27. The van der Waals surface area contributed by atoms with Gasteiger partial charge in [0.25, 0.3) is 0 Å². The van der Waals surface area contributed by atoms with Gasteiger partial charge in [-0.2, -0.15) is 0 Å². The number of rotatable bonds is 9. The number of carbonyl (C=O) groups excluding carboxylic acids is 1. The fourth-order valence-corrected chi connectivity index (χ4v) is 4.15. The Balaban J connectivity index is 1.26. The molecule has 162 valence electrons. The van der Waals surface area contributed by atoms with E-state index in [0.29, 0.717) is 22.9 Å². The SMILES string of the molecule is O=C(CCc1ncc(-c2ccccc2F)o1)NNc1ccc(S(=O)(=O)NC2CC2)cc1. The molecule has 1 aliphatic rings. The van der Waals surface area contributed by atoms with Crippen molar-refractivity contribution in [2.45, 2.75) is 36.6 Å². The van der Waals surface area contributed by atoms with Gasteiger partial charge in [-0.05, 0) is 49.2 Å². The molecule has 1 heterocycles. The summed E-state index contributed by atoms with van der Waals surface area (Å²) in [5.74, 6) is -0.0870. The Morgan fingerprint density at radius 3 is 2.58 bits per heavy atom. The van der Waals surface area contributed by atoms with Crippen LogP contribution in [0.1, 0.15) is 25.2 Å². The molecule has 1 aromatic heterocycles. The molecule has 10 heteroatoms. The molecule has 0 radical (unpaired) electrons. The Labute approximate surface area is 178 Å². The van der Waals surface area contributed by atoms with Gasteiger partial charge in [0, 0.05) is 18.9 Å². The van der Waals surface area contributed by atoms with Crippen molar-refractivity contribution in [3.8, 4) is 11.3 Å². The minimum absolute atomic E-state index is 0.0357. The van der Waals surface area contributed by atoms with Crippen molar-refractivity contribution in [3.05, 3.63) is 66.4 Å². The summed E-state index contributed by atoms with van der Waals surface area (Å²) < 4.78 is 46.3. The Kier molecular flexibility index (Phi) is 6.01. The van der Waals surface area contributed by atoms with Crippen LogP contribution in [-0.4, -0.2) is 25.4 Å². The van der Waals surface area contributed by atoms with E-state index in [0.717, 1.165) is 12.8 Å². The Morgan fingerprint density at radius 2 is 1.87 bits per heavy atom. The van der Waals surface area contributed by atoms with E-state index in [1.54, 1.807) is 30.3 Å². The van der Waals surface area contributed by atoms with Gasteiger partial charge in [0.1, 0.15) is 5.82 Å². The number of oxazole rings is 1. The largest absolute Gasteiger partial charge is 0.441 e. The van der Waals surface area contributed by atoms with E-state index in [4.69, 9.17) is 4.42 Å². The Bertz CT molecular complexity index is 1170. The molecule has 4 rings (SSSR count). The lowest BCUT2D eigenvalue weighted by Crippen LogP contribution is -2.29. The van der Waals surface area contributed by atoms with Gasteiger partial charge in [0.2, 0.25) is 15.9 Å². The molecule has 1 amide bonds. The van der Waals surface area contributed by atoms with E-state index in [2.05, 4.69) is 20.6 Å². The second-order valence-electron chi connectivity index (χ2n) is 7.19. The van der Waals surface area contributed by atoms with Crippen LogP contribution in [0.4, 0.5) is 10.1 Å². The molecule has 1 fully saturated rings. The molecule has 0 saturated heterocycles. The summed E-state index contributed by atoms with van der Waals surface area (Å²) >= 11 is 0. The first kappa shape index (κ1) is 21.0. The summed E-state index contributed by atoms with van der Waals surface area (Å²) in [5, 5.41) is 0. The normalized spacial score (nSPS) is 13.7. The number of halogens is 1. The zero-order valence-corrected chi connectivity index (χ0v) is 17.3. The van der Waals surface area contributed by atoms with Crippen LogP contribution in [0.3, 0.4) is 0 Å². The maximum atomic E-state index is 13.8. The average Bonchev–Trinajstić information content (AvgIpc) is 3.43. The number of hydrazine groups is 1. The van der Waals surface area contributed by atoms with E-state index < -0.39 is 15.8 Å². The molecule has 0 unspecified atom stereocenters. The Hall–Kier alpha value is -3.24. The molecule has 2 aromatic carbocycles. The van der Waals surface area contributed by atoms with Crippen LogP contribution in [0.5, 0.6) is 0 Å². The average molecular weight is 444 g/mol. The maximum absolute atomic E-state index is 13.8. The summed E-state index contributed by atoms with van der Waals surface area (Å²) in [7, 11) is -3.51. The van der Waals surface area contributed by atoms with Crippen LogP contribution < -0.4 is 15.6 Å². The summed E-state index contributed by atoms with van der Waals surface area (Å²) in [6.45, 7) is 0. The van der Waals surface area contributed by atoms with E-state index in [1.807, 2.05) is 0 Å². The molecule has 3 N–H and O–H groups in total. The van der Waals surface area contributed by atoms with Gasteiger partial charge in [-0.15, -0.1) is 0 Å². The van der Waals surface area contributed by atoms with E-state index in [1.165, 1.54) is 24.4 Å². The lowest BCUT2D eigenvalue weighted by molar-refractivity contribution is -0.120. The second-order valence-corrected chi connectivity index (χ2v) is 8.91. The van der Waals surface area contributed by atoms with Crippen molar-refractivity contribution in [1.29, 1.82) is 0 Å². The first-order chi connectivity index (χ1) is 14.9. The van der Waals surface area contributed by atoms with Gasteiger partial charge in [0.05, 0.1) is 22.3 Å². The van der Waals surface area contributed by atoms with Crippen molar-refractivity contribution >= 4 is 21.6 Å². The first-order valence-corrected chi connectivity index (χ1v) is 11.3. The van der Waals surface area contributed by atoms with Crippen LogP contribution >= 0.6 is 0 Å². The van der Waals surface area contributed by atoms with Crippen molar-refractivity contribution in [2.24, 2.45) is 0 Å². The number of sulfonamides is 1. The van der Waals surface area contributed by atoms with Crippen molar-refractivity contribution in [2.75, 3.05) is 5.43 Å². The van der Waals surface area contributed by atoms with Gasteiger partial charge >= 0.3 is 0 Å². The fraction of sp³-hybridized carbons (Fsp3) is 0.238. The molecule has 0 atom stereocenters. The molecule has 3 aromatic rings. The number of hydrogen-bond acceptors (Lipinski definition) is 6. The van der Waals surface area contributed by atoms with Gasteiger partial charge in [-0.1, -0.05) is 12.1 Å². The lowest BCUT2D eigenvalue weighted by atomic mass is 10.2. The number of carbonyl (C=O) groups is 1. The zero-order valence-electron chi connectivity index (χ0n) is 16.5. The highest BCUT2D eigenvalue weighted by atomic mass is 32.2. The fourth-order valence-electron chi connectivity index (χ4n) is 2.84. The van der Waals surface area contributed by atoms with E-state index in [-0.39, 0.29) is 29.7 Å². The number of aryl methyl sites for hydroxylation is 1. The summed E-state index contributed by atoms with van der Waals surface area (Å²) in [6, 6.07) is 12.3. The predicted octanol–water partition coefficient (Wildman–Crippen LogP) is 3.00. The van der Waals surface area contributed by atoms with Gasteiger partial charge in [0.15, 0.2) is 11.7 Å². The minimum atomic E-state index is -3.51. The van der Waals surface area contributed by atoms with Gasteiger partial charge in [-0.3, -0.25) is 15.6 Å².